The summed E-state index contributed by atoms with van der Waals surface area (Å²) in [4.78, 5) is 23.0. The first kappa shape index (κ1) is 17.6. The molecule has 6 nitrogen and oxygen atoms in total. The van der Waals surface area contributed by atoms with Crippen LogP contribution in [0.1, 0.15) is 0 Å². The predicted octanol–water partition coefficient (Wildman–Crippen LogP) is 4.09. The first-order valence-electron chi connectivity index (χ1n) is 7.51. The maximum atomic E-state index is 11.9. The normalized spacial score (nSPS) is 10.8. The molecule has 1 amide bonds. The van der Waals surface area contributed by atoms with Crippen LogP contribution in [0, 0.1) is 0 Å². The number of methoxy groups -OCH3 is 1. The molecule has 0 spiro atoms. The molecule has 0 unspecified atom stereocenters. The minimum absolute atomic E-state index is 0.385. The molecule has 0 saturated heterocycles. The number of hydrogen-bond donors (Lipinski definition) is 0. The Bertz CT molecular complexity index is 882. The van der Waals surface area contributed by atoms with Crippen molar-refractivity contribution in [3.8, 4) is 16.3 Å². The minimum Gasteiger partial charge on any atom is -0.409 e. The summed E-state index contributed by atoms with van der Waals surface area (Å²) >= 11 is 7.71. The molecule has 0 N–H and O–H groups in total. The van der Waals surface area contributed by atoms with Crippen LogP contribution in [0.25, 0.3) is 20.8 Å². The van der Waals surface area contributed by atoms with Crippen LogP contribution in [0.4, 0.5) is 4.79 Å². The van der Waals surface area contributed by atoms with Crippen molar-refractivity contribution in [1.82, 2.24) is 14.9 Å². The summed E-state index contributed by atoms with van der Waals surface area (Å²) in [5, 5.41) is 0.672. The third-order valence-electron chi connectivity index (χ3n) is 3.50. The van der Waals surface area contributed by atoms with Gasteiger partial charge in [-0.3, -0.25) is 9.97 Å². The van der Waals surface area contributed by atoms with E-state index < -0.39 is 6.09 Å². The lowest BCUT2D eigenvalue weighted by Crippen LogP contribution is -2.32. The van der Waals surface area contributed by atoms with Crippen molar-refractivity contribution in [2.75, 3.05) is 27.3 Å². The second-order valence-corrected chi connectivity index (χ2v) is 6.74. The molecule has 3 heterocycles. The van der Waals surface area contributed by atoms with E-state index in [1.807, 2.05) is 6.07 Å². The number of ether oxygens (including phenoxy) is 2. The van der Waals surface area contributed by atoms with Crippen molar-refractivity contribution in [2.45, 2.75) is 0 Å². The van der Waals surface area contributed by atoms with Gasteiger partial charge in [0.05, 0.1) is 38.6 Å². The topological polar surface area (TPSA) is 64.5 Å². The van der Waals surface area contributed by atoms with Crippen LogP contribution in [0.5, 0.6) is 5.75 Å². The van der Waals surface area contributed by atoms with Crippen molar-refractivity contribution in [3.63, 3.8) is 0 Å². The van der Waals surface area contributed by atoms with Crippen LogP contribution in [0.2, 0.25) is 5.02 Å². The van der Waals surface area contributed by atoms with Gasteiger partial charge in [-0.15, -0.1) is 11.3 Å². The Hall–Kier alpha value is -2.22. The molecule has 3 rings (SSSR count). The highest BCUT2D eigenvalue weighted by atomic mass is 35.5. The summed E-state index contributed by atoms with van der Waals surface area (Å²) in [5.74, 6) is 0.385. The molecule has 3 aromatic heterocycles. The molecule has 0 fully saturated rings. The second-order valence-electron chi connectivity index (χ2n) is 5.28. The van der Waals surface area contributed by atoms with E-state index in [0.29, 0.717) is 23.9 Å². The molecule has 0 aliphatic carbocycles. The van der Waals surface area contributed by atoms with Gasteiger partial charge in [-0.25, -0.2) is 4.79 Å². The Labute approximate surface area is 154 Å². The summed E-state index contributed by atoms with van der Waals surface area (Å²) < 4.78 is 11.1. The van der Waals surface area contributed by atoms with Gasteiger partial charge in [-0.05, 0) is 24.3 Å². The fourth-order valence-corrected chi connectivity index (χ4v) is 3.38. The van der Waals surface area contributed by atoms with E-state index in [1.54, 1.807) is 38.6 Å². The van der Waals surface area contributed by atoms with Crippen LogP contribution in [-0.2, 0) is 4.74 Å². The third kappa shape index (κ3) is 4.07. The van der Waals surface area contributed by atoms with E-state index in [0.717, 1.165) is 20.8 Å². The third-order valence-corrected chi connectivity index (χ3v) is 5.11. The smallest absolute Gasteiger partial charge is 0.409 e. The summed E-state index contributed by atoms with van der Waals surface area (Å²) in [7, 11) is 3.23. The van der Waals surface area contributed by atoms with Gasteiger partial charge in [0.2, 0.25) is 0 Å². The number of carbonyl (C=O) groups excluding carboxylic acids is 1. The molecule has 25 heavy (non-hydrogen) atoms. The number of fused-ring (bicyclic) bond motifs is 1. The molecule has 0 radical (unpaired) electrons. The lowest BCUT2D eigenvalue weighted by molar-refractivity contribution is 0.134. The van der Waals surface area contributed by atoms with Crippen LogP contribution in [-0.4, -0.2) is 48.3 Å². The van der Waals surface area contributed by atoms with Gasteiger partial charge in [0, 0.05) is 26.9 Å². The molecular formula is C17H16ClN3O3S. The van der Waals surface area contributed by atoms with Gasteiger partial charge >= 0.3 is 6.09 Å². The first-order valence-corrected chi connectivity index (χ1v) is 8.70. The second kappa shape index (κ2) is 7.77. The molecule has 0 saturated carbocycles. The highest BCUT2D eigenvalue weighted by molar-refractivity contribution is 7.22. The number of halogens is 1. The number of thiophene rings is 1. The number of likely N-dealkylation sites (N-methyl/N-ethyl adjacent to an activating group) is 1. The average molecular weight is 378 g/mol. The Balaban J connectivity index is 1.73. The standard InChI is InChI=1S/C17H16ClN3O3S/c1-21(7-8-23-2)17(22)24-11-3-4-13(20-10-11)15-9-14-16(25-15)12(18)5-6-19-14/h3-6,9-10H,7-8H2,1-2H3. The summed E-state index contributed by atoms with van der Waals surface area (Å²) in [6, 6.07) is 7.22. The van der Waals surface area contributed by atoms with E-state index in [4.69, 9.17) is 21.1 Å². The van der Waals surface area contributed by atoms with Crippen LogP contribution >= 0.6 is 22.9 Å². The minimum atomic E-state index is -0.454. The van der Waals surface area contributed by atoms with Crippen molar-refractivity contribution < 1.29 is 14.3 Å². The first-order chi connectivity index (χ1) is 12.1. The summed E-state index contributed by atoms with van der Waals surface area (Å²) in [6.07, 6.45) is 2.75. The number of nitrogens with zero attached hydrogens (tertiary/aromatic N) is 3. The molecular weight excluding hydrogens is 362 g/mol. The van der Waals surface area contributed by atoms with Crippen LogP contribution in [0.3, 0.4) is 0 Å². The van der Waals surface area contributed by atoms with E-state index in [1.165, 1.54) is 22.4 Å². The highest BCUT2D eigenvalue weighted by Crippen LogP contribution is 2.35. The van der Waals surface area contributed by atoms with Gasteiger partial charge in [-0.1, -0.05) is 11.6 Å². The lowest BCUT2D eigenvalue weighted by atomic mass is 10.3. The number of pyridine rings is 2. The van der Waals surface area contributed by atoms with Crippen LogP contribution in [0.15, 0.2) is 36.7 Å². The quantitative estimate of drug-likeness (QED) is 0.670. The molecule has 8 heteroatoms. The zero-order valence-corrected chi connectivity index (χ0v) is 15.3. The molecule has 3 aromatic rings. The molecule has 0 atom stereocenters. The predicted molar refractivity (Wildman–Crippen MR) is 98.4 cm³/mol. The van der Waals surface area contributed by atoms with Crippen molar-refractivity contribution in [3.05, 3.63) is 41.7 Å². The molecule has 0 aliphatic heterocycles. The van der Waals surface area contributed by atoms with E-state index in [9.17, 15) is 4.79 Å². The van der Waals surface area contributed by atoms with Crippen LogP contribution < -0.4 is 4.74 Å². The maximum Gasteiger partial charge on any atom is 0.415 e. The lowest BCUT2D eigenvalue weighted by Gasteiger charge is -2.15. The van der Waals surface area contributed by atoms with Crippen molar-refractivity contribution in [1.29, 1.82) is 0 Å². The van der Waals surface area contributed by atoms with Gasteiger partial charge < -0.3 is 14.4 Å². The largest absolute Gasteiger partial charge is 0.415 e. The van der Waals surface area contributed by atoms with E-state index in [-0.39, 0.29) is 0 Å². The number of amides is 1. The fraction of sp³-hybridized carbons (Fsp3) is 0.235. The Morgan fingerprint density at radius 3 is 2.84 bits per heavy atom. The van der Waals surface area contributed by atoms with E-state index >= 15 is 0 Å². The summed E-state index contributed by atoms with van der Waals surface area (Å²) in [5.41, 5.74) is 1.61. The van der Waals surface area contributed by atoms with Crippen molar-refractivity contribution >= 4 is 39.2 Å². The maximum absolute atomic E-state index is 11.9. The zero-order valence-electron chi connectivity index (χ0n) is 13.7. The molecule has 130 valence electrons. The van der Waals surface area contributed by atoms with Gasteiger partial charge in [0.25, 0.3) is 0 Å². The number of aromatic nitrogens is 2. The number of carbonyl (C=O) groups is 1. The molecule has 0 aromatic carbocycles. The van der Waals surface area contributed by atoms with Gasteiger partial charge in [0.1, 0.15) is 0 Å². The number of hydrogen-bond acceptors (Lipinski definition) is 6. The highest BCUT2D eigenvalue weighted by Gasteiger charge is 2.12. The zero-order chi connectivity index (χ0) is 17.8. The Morgan fingerprint density at radius 2 is 2.16 bits per heavy atom. The monoisotopic (exact) mass is 377 g/mol. The SMILES string of the molecule is COCCN(C)C(=O)Oc1ccc(-c2cc3nccc(Cl)c3s2)nc1. The molecule has 0 bridgehead atoms. The molecule has 0 aliphatic rings. The Morgan fingerprint density at radius 1 is 1.32 bits per heavy atom. The fourth-order valence-electron chi connectivity index (χ4n) is 2.12. The average Bonchev–Trinajstić information content (AvgIpc) is 3.06. The summed E-state index contributed by atoms with van der Waals surface area (Å²) in [6.45, 7) is 0.904. The number of rotatable bonds is 5. The van der Waals surface area contributed by atoms with E-state index in [2.05, 4.69) is 9.97 Å². The Kier molecular flexibility index (Phi) is 5.47. The van der Waals surface area contributed by atoms with Crippen molar-refractivity contribution in [2.24, 2.45) is 0 Å². The van der Waals surface area contributed by atoms with Gasteiger partial charge in [-0.2, -0.15) is 0 Å². The van der Waals surface area contributed by atoms with Gasteiger partial charge in [0.15, 0.2) is 5.75 Å².